The molecule has 1 N–H and O–H groups in total. The molecule has 0 bridgehead atoms. The van der Waals surface area contributed by atoms with Crippen LogP contribution in [0.4, 0.5) is 14.7 Å². The number of sulfone groups is 1. The van der Waals surface area contributed by atoms with Crippen LogP contribution < -0.4 is 5.32 Å². The van der Waals surface area contributed by atoms with Crippen molar-refractivity contribution in [1.29, 1.82) is 0 Å². The number of aryl methyl sites for hydroxylation is 1. The van der Waals surface area contributed by atoms with Crippen LogP contribution in [0.3, 0.4) is 0 Å². The summed E-state index contributed by atoms with van der Waals surface area (Å²) in [6.45, 7) is 1.72. The summed E-state index contributed by atoms with van der Waals surface area (Å²) in [7, 11) is -3.04. The number of anilines is 1. The van der Waals surface area contributed by atoms with E-state index < -0.39 is 21.5 Å². The number of aromatic nitrogens is 2. The molecule has 5 nitrogen and oxygen atoms in total. The van der Waals surface area contributed by atoms with Gasteiger partial charge in [0, 0.05) is 35.7 Å². The van der Waals surface area contributed by atoms with Crippen molar-refractivity contribution in [2.45, 2.75) is 37.5 Å². The molecule has 2 aromatic rings. The average molecular weight is 367 g/mol. The molecule has 2 unspecified atom stereocenters. The molecule has 1 fully saturated rings. The fraction of sp³-hybridized carbons (Fsp3) is 0.412. The predicted molar refractivity (Wildman–Crippen MR) is 92.0 cm³/mol. The molecule has 0 amide bonds. The molecule has 0 saturated heterocycles. The largest absolute Gasteiger partial charge is 0.351 e. The molecule has 0 aliphatic heterocycles. The first-order valence-electron chi connectivity index (χ1n) is 7.98. The summed E-state index contributed by atoms with van der Waals surface area (Å²) in [5, 5.41) is 2.81. The first kappa shape index (κ1) is 17.7. The molecule has 3 rings (SSSR count). The molecule has 1 aromatic heterocycles. The second kappa shape index (κ2) is 6.67. The van der Waals surface area contributed by atoms with Gasteiger partial charge in [0.15, 0.2) is 0 Å². The zero-order chi connectivity index (χ0) is 18.2. The monoisotopic (exact) mass is 367 g/mol. The molecule has 1 aliphatic carbocycles. The van der Waals surface area contributed by atoms with Crippen molar-refractivity contribution in [2.75, 3.05) is 11.6 Å². The van der Waals surface area contributed by atoms with E-state index in [1.165, 1.54) is 24.6 Å². The van der Waals surface area contributed by atoms with E-state index in [9.17, 15) is 17.2 Å². The highest BCUT2D eigenvalue weighted by atomic mass is 32.2. The zero-order valence-electron chi connectivity index (χ0n) is 14.0. The number of halogens is 2. The summed E-state index contributed by atoms with van der Waals surface area (Å²) in [5.41, 5.74) is 1.28. The third kappa shape index (κ3) is 3.95. The van der Waals surface area contributed by atoms with E-state index in [1.807, 2.05) is 0 Å². The number of hydrogen-bond acceptors (Lipinski definition) is 5. The van der Waals surface area contributed by atoms with Crippen molar-refractivity contribution in [3.05, 3.63) is 41.7 Å². The maximum absolute atomic E-state index is 13.9. The van der Waals surface area contributed by atoms with Crippen molar-refractivity contribution in [1.82, 2.24) is 9.97 Å². The van der Waals surface area contributed by atoms with Gasteiger partial charge >= 0.3 is 0 Å². The molecule has 1 aromatic carbocycles. The molecular formula is C17H19F2N3O2S. The highest BCUT2D eigenvalue weighted by Crippen LogP contribution is 2.28. The van der Waals surface area contributed by atoms with E-state index in [0.29, 0.717) is 30.0 Å². The Morgan fingerprint density at radius 2 is 1.96 bits per heavy atom. The second-order valence-corrected chi connectivity index (χ2v) is 8.75. The Kier molecular flexibility index (Phi) is 4.73. The normalized spacial score (nSPS) is 20.6. The third-order valence-electron chi connectivity index (χ3n) is 4.52. The van der Waals surface area contributed by atoms with Crippen LogP contribution in [-0.4, -0.2) is 35.9 Å². The Hall–Kier alpha value is -2.09. The van der Waals surface area contributed by atoms with Gasteiger partial charge in [-0.15, -0.1) is 0 Å². The SMILES string of the molecule is Cc1nc(NC2CCC(S(C)(=O)=O)C2)ncc1-c1ccc(F)cc1F. The van der Waals surface area contributed by atoms with E-state index in [-0.39, 0.29) is 16.9 Å². The summed E-state index contributed by atoms with van der Waals surface area (Å²) in [4.78, 5) is 8.53. The molecule has 134 valence electrons. The van der Waals surface area contributed by atoms with Crippen molar-refractivity contribution in [3.8, 4) is 11.1 Å². The van der Waals surface area contributed by atoms with Crippen LogP contribution in [0, 0.1) is 18.6 Å². The van der Waals surface area contributed by atoms with Crippen molar-refractivity contribution in [3.63, 3.8) is 0 Å². The Morgan fingerprint density at radius 1 is 1.20 bits per heavy atom. The van der Waals surface area contributed by atoms with Gasteiger partial charge in [0.25, 0.3) is 0 Å². The van der Waals surface area contributed by atoms with Crippen LogP contribution in [0.15, 0.2) is 24.4 Å². The molecule has 1 saturated carbocycles. The van der Waals surface area contributed by atoms with E-state index >= 15 is 0 Å². The Balaban J connectivity index is 1.77. The van der Waals surface area contributed by atoms with Gasteiger partial charge in [-0.25, -0.2) is 27.2 Å². The van der Waals surface area contributed by atoms with Gasteiger partial charge in [0.1, 0.15) is 21.5 Å². The lowest BCUT2D eigenvalue weighted by molar-refractivity contribution is 0.584. The molecule has 1 aliphatic rings. The minimum absolute atomic E-state index is 0.00691. The zero-order valence-corrected chi connectivity index (χ0v) is 14.8. The number of nitrogens with zero attached hydrogens (tertiary/aromatic N) is 2. The summed E-state index contributed by atoms with van der Waals surface area (Å²) < 4.78 is 50.2. The lowest BCUT2D eigenvalue weighted by Gasteiger charge is -2.14. The smallest absolute Gasteiger partial charge is 0.223 e. The standard InChI is InChI=1S/C17H19F2N3O2S/c1-10-15(14-6-3-11(18)7-16(14)19)9-20-17(21-10)22-12-4-5-13(8-12)25(2,23)24/h3,6-7,9,12-13H,4-5,8H2,1-2H3,(H,20,21,22). The van der Waals surface area contributed by atoms with E-state index in [1.54, 1.807) is 6.92 Å². The Morgan fingerprint density at radius 3 is 2.56 bits per heavy atom. The number of benzene rings is 1. The van der Waals surface area contributed by atoms with Crippen LogP contribution in [0.25, 0.3) is 11.1 Å². The second-order valence-electron chi connectivity index (χ2n) is 6.42. The molecule has 2 atom stereocenters. The van der Waals surface area contributed by atoms with Crippen molar-refractivity contribution in [2.24, 2.45) is 0 Å². The van der Waals surface area contributed by atoms with Crippen LogP contribution in [0.1, 0.15) is 25.0 Å². The fourth-order valence-corrected chi connectivity index (χ4v) is 4.30. The number of nitrogens with one attached hydrogen (secondary N) is 1. The van der Waals surface area contributed by atoms with E-state index in [0.717, 1.165) is 12.5 Å². The summed E-state index contributed by atoms with van der Waals surface area (Å²) in [6.07, 6.45) is 4.62. The maximum atomic E-state index is 13.9. The van der Waals surface area contributed by atoms with E-state index in [2.05, 4.69) is 15.3 Å². The fourth-order valence-electron chi connectivity index (χ4n) is 3.15. The highest BCUT2D eigenvalue weighted by molar-refractivity contribution is 7.91. The van der Waals surface area contributed by atoms with Gasteiger partial charge in [0.05, 0.1) is 10.9 Å². The van der Waals surface area contributed by atoms with Gasteiger partial charge in [-0.2, -0.15) is 0 Å². The molecule has 25 heavy (non-hydrogen) atoms. The number of hydrogen-bond donors (Lipinski definition) is 1. The topological polar surface area (TPSA) is 72.0 Å². The summed E-state index contributed by atoms with van der Waals surface area (Å²) >= 11 is 0. The minimum atomic E-state index is -3.04. The molecule has 8 heteroatoms. The van der Waals surface area contributed by atoms with Crippen molar-refractivity contribution < 1.29 is 17.2 Å². The minimum Gasteiger partial charge on any atom is -0.351 e. The lowest BCUT2D eigenvalue weighted by atomic mass is 10.1. The van der Waals surface area contributed by atoms with Crippen LogP contribution in [0.2, 0.25) is 0 Å². The van der Waals surface area contributed by atoms with Gasteiger partial charge in [-0.1, -0.05) is 0 Å². The van der Waals surface area contributed by atoms with Crippen LogP contribution in [-0.2, 0) is 9.84 Å². The molecular weight excluding hydrogens is 348 g/mol. The van der Waals surface area contributed by atoms with Gasteiger partial charge < -0.3 is 5.32 Å². The lowest BCUT2D eigenvalue weighted by Crippen LogP contribution is -2.22. The first-order valence-corrected chi connectivity index (χ1v) is 9.94. The van der Waals surface area contributed by atoms with Gasteiger partial charge in [-0.3, -0.25) is 0 Å². The summed E-state index contributed by atoms with van der Waals surface area (Å²) in [6, 6.07) is 3.36. The molecule has 1 heterocycles. The maximum Gasteiger partial charge on any atom is 0.223 e. The van der Waals surface area contributed by atoms with Gasteiger partial charge in [-0.05, 0) is 38.3 Å². The molecule has 0 radical (unpaired) electrons. The highest BCUT2D eigenvalue weighted by Gasteiger charge is 2.31. The average Bonchev–Trinajstić information content (AvgIpc) is 2.97. The van der Waals surface area contributed by atoms with E-state index in [4.69, 9.17) is 0 Å². The first-order chi connectivity index (χ1) is 11.7. The van der Waals surface area contributed by atoms with Crippen LogP contribution in [0.5, 0.6) is 0 Å². The summed E-state index contributed by atoms with van der Waals surface area (Å²) in [5.74, 6) is -0.929. The predicted octanol–water partition coefficient (Wildman–Crippen LogP) is 3.11. The molecule has 0 spiro atoms. The Labute approximate surface area is 145 Å². The quantitative estimate of drug-likeness (QED) is 0.899. The van der Waals surface area contributed by atoms with Crippen LogP contribution >= 0.6 is 0 Å². The number of rotatable bonds is 4. The third-order valence-corrected chi connectivity index (χ3v) is 6.16. The Bertz CT molecular complexity index is 903. The van der Waals surface area contributed by atoms with Crippen molar-refractivity contribution >= 4 is 15.8 Å². The van der Waals surface area contributed by atoms with Gasteiger partial charge in [0.2, 0.25) is 5.95 Å².